The van der Waals surface area contributed by atoms with E-state index in [4.69, 9.17) is 10.5 Å². The molecule has 1 saturated heterocycles. The summed E-state index contributed by atoms with van der Waals surface area (Å²) in [5, 5.41) is 0. The van der Waals surface area contributed by atoms with E-state index >= 15 is 0 Å². The summed E-state index contributed by atoms with van der Waals surface area (Å²) >= 11 is 0. The lowest BCUT2D eigenvalue weighted by Crippen LogP contribution is -2.48. The summed E-state index contributed by atoms with van der Waals surface area (Å²) in [6, 6.07) is 0.387. The number of nitrogens with zero attached hydrogens (tertiary/aromatic N) is 1. The van der Waals surface area contributed by atoms with Crippen molar-refractivity contribution in [2.45, 2.75) is 51.2 Å². The van der Waals surface area contributed by atoms with Gasteiger partial charge in [-0.3, -0.25) is 4.90 Å². The zero-order valence-electron chi connectivity index (χ0n) is 10.5. The summed E-state index contributed by atoms with van der Waals surface area (Å²) in [5.74, 6) is 0.780. The minimum Gasteiger partial charge on any atom is -0.376 e. The lowest BCUT2D eigenvalue weighted by atomic mass is 9.98. The zero-order valence-corrected chi connectivity index (χ0v) is 10.5. The van der Waals surface area contributed by atoms with E-state index in [2.05, 4.69) is 11.8 Å². The van der Waals surface area contributed by atoms with E-state index in [0.29, 0.717) is 12.1 Å². The molecule has 1 aliphatic heterocycles. The van der Waals surface area contributed by atoms with Crippen LogP contribution in [0.5, 0.6) is 0 Å². The molecule has 1 aliphatic carbocycles. The number of morpholine rings is 1. The molecule has 2 unspecified atom stereocenters. The van der Waals surface area contributed by atoms with Crippen molar-refractivity contribution in [3.63, 3.8) is 0 Å². The lowest BCUT2D eigenvalue weighted by Gasteiger charge is -2.35. The Morgan fingerprint density at radius 2 is 2.12 bits per heavy atom. The van der Waals surface area contributed by atoms with Gasteiger partial charge in [-0.2, -0.15) is 0 Å². The highest BCUT2D eigenvalue weighted by Crippen LogP contribution is 2.27. The van der Waals surface area contributed by atoms with E-state index in [-0.39, 0.29) is 0 Å². The maximum absolute atomic E-state index is 6.31. The summed E-state index contributed by atoms with van der Waals surface area (Å²) in [6.07, 6.45) is 7.03. The quantitative estimate of drug-likeness (QED) is 0.791. The summed E-state index contributed by atoms with van der Waals surface area (Å²) < 4.78 is 5.68. The molecule has 16 heavy (non-hydrogen) atoms. The molecule has 0 bridgehead atoms. The topological polar surface area (TPSA) is 38.5 Å². The fourth-order valence-electron chi connectivity index (χ4n) is 3.03. The molecule has 0 aromatic heterocycles. The second-order valence-corrected chi connectivity index (χ2v) is 5.37. The van der Waals surface area contributed by atoms with Crippen LogP contribution >= 0.6 is 0 Å². The molecule has 2 N–H and O–H groups in total. The fourth-order valence-corrected chi connectivity index (χ4v) is 3.03. The number of rotatable bonds is 4. The summed E-state index contributed by atoms with van der Waals surface area (Å²) in [7, 11) is 0. The van der Waals surface area contributed by atoms with Gasteiger partial charge in [-0.05, 0) is 25.2 Å². The largest absolute Gasteiger partial charge is 0.376 e. The van der Waals surface area contributed by atoms with Gasteiger partial charge in [0.05, 0.1) is 12.7 Å². The SMILES string of the molecule is CCC1CN(CC(N)C2CCCC2)CCO1. The second kappa shape index (κ2) is 5.99. The highest BCUT2D eigenvalue weighted by molar-refractivity contribution is 4.82. The standard InChI is InChI=1S/C13H26N2O/c1-2-12-9-15(7-8-16-12)10-13(14)11-5-3-4-6-11/h11-13H,2-10,14H2,1H3. The summed E-state index contributed by atoms with van der Waals surface area (Å²) in [6.45, 7) is 6.30. The average Bonchev–Trinajstić information content (AvgIpc) is 2.83. The molecule has 2 aliphatic rings. The Morgan fingerprint density at radius 1 is 1.38 bits per heavy atom. The van der Waals surface area contributed by atoms with Crippen LogP contribution in [0, 0.1) is 5.92 Å². The van der Waals surface area contributed by atoms with Crippen LogP contribution in [0.4, 0.5) is 0 Å². The molecule has 94 valence electrons. The molecule has 0 aromatic carbocycles. The monoisotopic (exact) mass is 226 g/mol. The highest BCUT2D eigenvalue weighted by Gasteiger charge is 2.26. The lowest BCUT2D eigenvalue weighted by molar-refractivity contribution is -0.0325. The van der Waals surface area contributed by atoms with Crippen molar-refractivity contribution in [2.75, 3.05) is 26.2 Å². The van der Waals surface area contributed by atoms with E-state index < -0.39 is 0 Å². The smallest absolute Gasteiger partial charge is 0.0700 e. The van der Waals surface area contributed by atoms with Crippen molar-refractivity contribution in [1.29, 1.82) is 0 Å². The molecule has 1 heterocycles. The van der Waals surface area contributed by atoms with E-state index in [1.165, 1.54) is 25.7 Å². The highest BCUT2D eigenvalue weighted by atomic mass is 16.5. The molecule has 1 saturated carbocycles. The van der Waals surface area contributed by atoms with Gasteiger partial charge in [0.25, 0.3) is 0 Å². The maximum Gasteiger partial charge on any atom is 0.0700 e. The third-order valence-electron chi connectivity index (χ3n) is 4.15. The first-order valence-electron chi connectivity index (χ1n) is 6.89. The number of nitrogens with two attached hydrogens (primary N) is 1. The Balaban J connectivity index is 1.75. The van der Waals surface area contributed by atoms with Gasteiger partial charge in [0.15, 0.2) is 0 Å². The maximum atomic E-state index is 6.31. The first kappa shape index (κ1) is 12.3. The summed E-state index contributed by atoms with van der Waals surface area (Å²) in [4.78, 5) is 2.50. The van der Waals surface area contributed by atoms with Gasteiger partial charge in [-0.15, -0.1) is 0 Å². The van der Waals surface area contributed by atoms with Crippen molar-refractivity contribution in [3.8, 4) is 0 Å². The van der Waals surface area contributed by atoms with E-state index in [0.717, 1.165) is 38.6 Å². The van der Waals surface area contributed by atoms with Gasteiger partial charge in [0.2, 0.25) is 0 Å². The predicted octanol–water partition coefficient (Wildman–Crippen LogP) is 1.61. The molecule has 0 amide bonds. The van der Waals surface area contributed by atoms with Crippen molar-refractivity contribution >= 4 is 0 Å². The Kier molecular flexibility index (Phi) is 4.62. The predicted molar refractivity (Wildman–Crippen MR) is 66.4 cm³/mol. The van der Waals surface area contributed by atoms with E-state index in [1.54, 1.807) is 0 Å². The Hall–Kier alpha value is -0.120. The summed E-state index contributed by atoms with van der Waals surface area (Å²) in [5.41, 5.74) is 6.31. The van der Waals surface area contributed by atoms with Gasteiger partial charge < -0.3 is 10.5 Å². The number of hydrogen-bond acceptors (Lipinski definition) is 3. The van der Waals surface area contributed by atoms with Crippen molar-refractivity contribution in [2.24, 2.45) is 11.7 Å². The molecule has 0 spiro atoms. The van der Waals surface area contributed by atoms with Crippen LogP contribution in [0.15, 0.2) is 0 Å². The van der Waals surface area contributed by atoms with Crippen molar-refractivity contribution in [3.05, 3.63) is 0 Å². The van der Waals surface area contributed by atoms with Gasteiger partial charge in [-0.1, -0.05) is 19.8 Å². The molecule has 0 radical (unpaired) electrons. The van der Waals surface area contributed by atoms with E-state index in [9.17, 15) is 0 Å². The van der Waals surface area contributed by atoms with Crippen molar-refractivity contribution < 1.29 is 4.74 Å². The fraction of sp³-hybridized carbons (Fsp3) is 1.00. The van der Waals surface area contributed by atoms with Crippen LogP contribution < -0.4 is 5.73 Å². The Bertz CT molecular complexity index is 204. The molecule has 2 atom stereocenters. The van der Waals surface area contributed by atoms with Crippen LogP contribution in [0.1, 0.15) is 39.0 Å². The van der Waals surface area contributed by atoms with Gasteiger partial charge >= 0.3 is 0 Å². The van der Waals surface area contributed by atoms with Crippen LogP contribution in [0.25, 0.3) is 0 Å². The van der Waals surface area contributed by atoms with Crippen LogP contribution in [0.2, 0.25) is 0 Å². The molecular weight excluding hydrogens is 200 g/mol. The first-order valence-corrected chi connectivity index (χ1v) is 6.89. The molecule has 2 fully saturated rings. The minimum absolute atomic E-state index is 0.387. The zero-order chi connectivity index (χ0) is 11.4. The van der Waals surface area contributed by atoms with Gasteiger partial charge in [0, 0.05) is 25.7 Å². The normalized spacial score (nSPS) is 30.8. The molecule has 0 aromatic rings. The van der Waals surface area contributed by atoms with Crippen LogP contribution in [-0.4, -0.2) is 43.3 Å². The number of ether oxygens (including phenoxy) is 1. The van der Waals surface area contributed by atoms with E-state index in [1.807, 2.05) is 0 Å². The van der Waals surface area contributed by atoms with Crippen LogP contribution in [-0.2, 0) is 4.74 Å². The van der Waals surface area contributed by atoms with Gasteiger partial charge in [-0.25, -0.2) is 0 Å². The third kappa shape index (κ3) is 3.19. The molecule has 3 nitrogen and oxygen atoms in total. The minimum atomic E-state index is 0.387. The Morgan fingerprint density at radius 3 is 2.81 bits per heavy atom. The second-order valence-electron chi connectivity index (χ2n) is 5.37. The van der Waals surface area contributed by atoms with Crippen LogP contribution in [0.3, 0.4) is 0 Å². The third-order valence-corrected chi connectivity index (χ3v) is 4.15. The van der Waals surface area contributed by atoms with Crippen molar-refractivity contribution in [1.82, 2.24) is 4.90 Å². The molecule has 2 rings (SSSR count). The first-order chi connectivity index (χ1) is 7.79. The number of hydrogen-bond donors (Lipinski definition) is 1. The Labute approximate surface area is 99.3 Å². The molecular formula is C13H26N2O. The molecule has 3 heteroatoms. The van der Waals surface area contributed by atoms with Gasteiger partial charge in [0.1, 0.15) is 0 Å². The average molecular weight is 226 g/mol.